The number of nitrogens with one attached hydrogen (secondary N) is 1. The van der Waals surface area contributed by atoms with Crippen LogP contribution < -0.4 is 14.8 Å². The Labute approximate surface area is 143 Å². The molecule has 1 atom stereocenters. The van der Waals surface area contributed by atoms with Crippen LogP contribution in [0, 0.1) is 0 Å². The van der Waals surface area contributed by atoms with Crippen molar-refractivity contribution in [2.45, 2.75) is 13.0 Å². The molecule has 3 rings (SSSR count). The van der Waals surface area contributed by atoms with Gasteiger partial charge in [0.05, 0.1) is 6.04 Å². The molecule has 5 heteroatoms. The topological polar surface area (TPSA) is 47.6 Å². The second kappa shape index (κ2) is 6.87. The molecule has 1 amide bonds. The zero-order valence-electron chi connectivity index (χ0n) is 12.6. The number of carbonyl (C=O) groups is 1. The lowest BCUT2D eigenvalue weighted by Crippen LogP contribution is -2.24. The highest BCUT2D eigenvalue weighted by atomic mass is 79.9. The minimum Gasteiger partial charge on any atom is -0.454 e. The molecule has 0 aromatic heterocycles. The monoisotopic (exact) mass is 373 g/mol. The maximum absolute atomic E-state index is 12.1. The Hall–Kier alpha value is -2.27. The summed E-state index contributed by atoms with van der Waals surface area (Å²) in [6.07, 6.45) is 3.31. The van der Waals surface area contributed by atoms with Crippen LogP contribution >= 0.6 is 15.9 Å². The first-order chi connectivity index (χ1) is 11.1. The number of rotatable bonds is 4. The number of hydrogen-bond donors (Lipinski definition) is 1. The summed E-state index contributed by atoms with van der Waals surface area (Å²) in [6, 6.07) is 13.3. The van der Waals surface area contributed by atoms with Gasteiger partial charge in [-0.3, -0.25) is 4.79 Å². The number of halogens is 1. The molecule has 1 N–H and O–H groups in total. The smallest absolute Gasteiger partial charge is 0.244 e. The summed E-state index contributed by atoms with van der Waals surface area (Å²) in [5.74, 6) is 1.30. The minimum absolute atomic E-state index is 0.124. The third kappa shape index (κ3) is 3.74. The maximum Gasteiger partial charge on any atom is 0.244 e. The molecule has 0 saturated carbocycles. The molecule has 4 nitrogen and oxygen atoms in total. The first-order valence-corrected chi connectivity index (χ1v) is 8.05. The van der Waals surface area contributed by atoms with Crippen LogP contribution in [0.2, 0.25) is 0 Å². The van der Waals surface area contributed by atoms with Crippen LogP contribution in [0.4, 0.5) is 0 Å². The van der Waals surface area contributed by atoms with E-state index in [2.05, 4.69) is 21.2 Å². The van der Waals surface area contributed by atoms with Crippen molar-refractivity contribution in [2.24, 2.45) is 0 Å². The van der Waals surface area contributed by atoms with Gasteiger partial charge in [0.15, 0.2) is 11.5 Å². The summed E-state index contributed by atoms with van der Waals surface area (Å²) >= 11 is 3.45. The van der Waals surface area contributed by atoms with E-state index in [1.807, 2.05) is 49.4 Å². The highest BCUT2D eigenvalue weighted by Crippen LogP contribution is 2.34. The van der Waals surface area contributed by atoms with Gasteiger partial charge >= 0.3 is 0 Å². The zero-order valence-corrected chi connectivity index (χ0v) is 14.2. The van der Waals surface area contributed by atoms with E-state index in [-0.39, 0.29) is 18.7 Å². The largest absolute Gasteiger partial charge is 0.454 e. The van der Waals surface area contributed by atoms with Gasteiger partial charge in [0.1, 0.15) is 0 Å². The van der Waals surface area contributed by atoms with Crippen molar-refractivity contribution in [2.75, 3.05) is 6.79 Å². The first kappa shape index (κ1) is 15.6. The number of amides is 1. The molecule has 2 aromatic rings. The molecule has 0 fully saturated rings. The summed E-state index contributed by atoms with van der Waals surface area (Å²) < 4.78 is 11.6. The Kier molecular flexibility index (Phi) is 4.67. The van der Waals surface area contributed by atoms with E-state index in [0.29, 0.717) is 5.75 Å². The lowest BCUT2D eigenvalue weighted by Gasteiger charge is -2.13. The summed E-state index contributed by atoms with van der Waals surface area (Å²) in [4.78, 5) is 12.1. The molecule has 0 saturated heterocycles. The summed E-state index contributed by atoms with van der Waals surface area (Å²) in [5, 5.41) is 2.94. The second-order valence-electron chi connectivity index (χ2n) is 5.20. The van der Waals surface area contributed by atoms with Gasteiger partial charge < -0.3 is 14.8 Å². The maximum atomic E-state index is 12.1. The van der Waals surface area contributed by atoms with Gasteiger partial charge in [0.25, 0.3) is 0 Å². The van der Waals surface area contributed by atoms with Gasteiger partial charge in [0.2, 0.25) is 12.7 Å². The fraction of sp³-hybridized carbons (Fsp3) is 0.167. The third-order valence-corrected chi connectivity index (χ3v) is 4.30. The van der Waals surface area contributed by atoms with E-state index in [9.17, 15) is 4.79 Å². The fourth-order valence-corrected chi connectivity index (χ4v) is 2.72. The molecular formula is C18H16BrNO3. The lowest BCUT2D eigenvalue weighted by atomic mass is 10.1. The number of hydrogen-bond acceptors (Lipinski definition) is 3. The van der Waals surface area contributed by atoms with Crippen molar-refractivity contribution in [1.29, 1.82) is 0 Å². The molecule has 0 radical (unpaired) electrons. The normalized spacial score (nSPS) is 14.0. The molecule has 2 aromatic carbocycles. The second-order valence-corrected chi connectivity index (χ2v) is 6.05. The van der Waals surface area contributed by atoms with Crippen molar-refractivity contribution >= 4 is 27.9 Å². The number of fused-ring (bicyclic) bond motifs is 1. The predicted octanol–water partition coefficient (Wildman–Crippen LogP) is 4.07. The first-order valence-electron chi connectivity index (χ1n) is 7.26. The van der Waals surface area contributed by atoms with E-state index < -0.39 is 0 Å². The van der Waals surface area contributed by atoms with Crippen LogP contribution in [0.3, 0.4) is 0 Å². The Balaban J connectivity index is 1.64. The van der Waals surface area contributed by atoms with E-state index >= 15 is 0 Å². The van der Waals surface area contributed by atoms with E-state index in [1.54, 1.807) is 6.08 Å². The van der Waals surface area contributed by atoms with Crippen molar-refractivity contribution in [1.82, 2.24) is 5.32 Å². The zero-order chi connectivity index (χ0) is 16.2. The lowest BCUT2D eigenvalue weighted by molar-refractivity contribution is -0.117. The number of ether oxygens (including phenoxy) is 2. The van der Waals surface area contributed by atoms with E-state index in [1.165, 1.54) is 6.08 Å². The molecule has 1 heterocycles. The minimum atomic E-state index is -0.147. The quantitative estimate of drug-likeness (QED) is 0.821. The predicted molar refractivity (Wildman–Crippen MR) is 92.3 cm³/mol. The van der Waals surface area contributed by atoms with Crippen LogP contribution in [0.15, 0.2) is 53.0 Å². The van der Waals surface area contributed by atoms with Gasteiger partial charge in [-0.2, -0.15) is 0 Å². The molecule has 1 aliphatic rings. The molecular weight excluding hydrogens is 358 g/mol. The molecule has 0 aliphatic carbocycles. The van der Waals surface area contributed by atoms with Gasteiger partial charge in [-0.25, -0.2) is 0 Å². The number of benzene rings is 2. The molecule has 1 unspecified atom stereocenters. The molecule has 0 bridgehead atoms. The highest BCUT2D eigenvalue weighted by molar-refractivity contribution is 9.10. The van der Waals surface area contributed by atoms with Crippen LogP contribution in [0.1, 0.15) is 24.1 Å². The average molecular weight is 374 g/mol. The van der Waals surface area contributed by atoms with Crippen LogP contribution in [0.25, 0.3) is 6.08 Å². The van der Waals surface area contributed by atoms with Crippen molar-refractivity contribution in [3.8, 4) is 11.5 Å². The Morgan fingerprint density at radius 3 is 2.83 bits per heavy atom. The average Bonchev–Trinajstić information content (AvgIpc) is 3.01. The summed E-state index contributed by atoms with van der Waals surface area (Å²) in [7, 11) is 0. The van der Waals surface area contributed by atoms with Gasteiger partial charge in [-0.05, 0) is 42.3 Å². The number of carbonyl (C=O) groups excluding carboxylic acids is 1. The SMILES string of the molecule is CC(NC(=O)C=Cc1ccccc1Br)c1ccc2c(c1)OCO2. The van der Waals surface area contributed by atoms with Gasteiger partial charge in [0, 0.05) is 10.5 Å². The highest BCUT2D eigenvalue weighted by Gasteiger charge is 2.16. The Bertz CT molecular complexity index is 758. The fourth-order valence-electron chi connectivity index (χ4n) is 2.30. The Morgan fingerprint density at radius 2 is 2.00 bits per heavy atom. The van der Waals surface area contributed by atoms with Crippen molar-refractivity contribution in [3.05, 3.63) is 64.1 Å². The van der Waals surface area contributed by atoms with Crippen molar-refractivity contribution in [3.63, 3.8) is 0 Å². The summed E-state index contributed by atoms with van der Waals surface area (Å²) in [5.41, 5.74) is 1.93. The van der Waals surface area contributed by atoms with Crippen LogP contribution in [-0.4, -0.2) is 12.7 Å². The van der Waals surface area contributed by atoms with Crippen LogP contribution in [0.5, 0.6) is 11.5 Å². The summed E-state index contributed by atoms with van der Waals surface area (Å²) in [6.45, 7) is 2.18. The Morgan fingerprint density at radius 1 is 1.22 bits per heavy atom. The molecule has 0 spiro atoms. The van der Waals surface area contributed by atoms with Gasteiger partial charge in [-0.15, -0.1) is 0 Å². The molecule has 118 valence electrons. The molecule has 1 aliphatic heterocycles. The van der Waals surface area contributed by atoms with Crippen molar-refractivity contribution < 1.29 is 14.3 Å². The van der Waals surface area contributed by atoms with E-state index in [4.69, 9.17) is 9.47 Å². The van der Waals surface area contributed by atoms with Gasteiger partial charge in [-0.1, -0.05) is 40.2 Å². The molecule has 23 heavy (non-hydrogen) atoms. The standard InChI is InChI=1S/C18H16BrNO3/c1-12(14-6-8-16-17(10-14)23-11-22-16)20-18(21)9-7-13-4-2-3-5-15(13)19/h2-10,12H,11H2,1H3,(H,20,21). The third-order valence-electron chi connectivity index (χ3n) is 3.57. The van der Waals surface area contributed by atoms with Crippen LogP contribution in [-0.2, 0) is 4.79 Å². The van der Waals surface area contributed by atoms with E-state index in [0.717, 1.165) is 21.3 Å².